The Labute approximate surface area is 471 Å². The highest BCUT2D eigenvalue weighted by Gasteiger charge is 1.93. The van der Waals surface area contributed by atoms with Crippen LogP contribution in [-0.4, -0.2) is 11.7 Å². The molecule has 0 amide bonds. The molecule has 0 radical (unpaired) electrons. The molecule has 0 aliphatic rings. The Morgan fingerprint density at radius 2 is 0.286 bits per heavy atom. The molecule has 9 aromatic carbocycles. The molecule has 0 spiro atoms. The Morgan fingerprint density at radius 1 is 0.169 bits per heavy atom. The molecule has 9 rings (SSSR count). The predicted octanol–water partition coefficient (Wildman–Crippen LogP) is 21.1. The van der Waals surface area contributed by atoms with Gasteiger partial charge in [0.05, 0.1) is 0 Å². The van der Waals surface area contributed by atoms with E-state index in [0.717, 1.165) is 19.3 Å². The van der Waals surface area contributed by atoms with E-state index in [1.165, 1.54) is 107 Å². The monoisotopic (exact) mass is 1030 g/mol. The van der Waals surface area contributed by atoms with Gasteiger partial charge < -0.3 is 5.11 Å². The van der Waals surface area contributed by atoms with E-state index in [9.17, 15) is 0 Å². The summed E-state index contributed by atoms with van der Waals surface area (Å²) in [6, 6.07) is 76.5. The Hall–Kier alpha value is -7.06. The van der Waals surface area contributed by atoms with E-state index < -0.39 is 0 Å². The molecule has 0 heterocycles. The molecule has 0 aromatic heterocycles. The van der Waals surface area contributed by atoms with Crippen molar-refractivity contribution in [3.05, 3.63) is 319 Å². The van der Waals surface area contributed by atoms with Crippen LogP contribution < -0.4 is 0 Å². The van der Waals surface area contributed by atoms with E-state index in [2.05, 4.69) is 336 Å². The Kier molecular flexibility index (Phi) is 36.3. The first kappa shape index (κ1) is 68.0. The first-order valence-corrected chi connectivity index (χ1v) is 27.6. The van der Waals surface area contributed by atoms with Crippen molar-refractivity contribution in [1.29, 1.82) is 0 Å². The topological polar surface area (TPSA) is 20.2 Å². The quantitative estimate of drug-likeness (QED) is 0.170. The SMILES string of the molecule is Cc1ccc(C)cc1.Cc1ccc(C)cc1.Cc1ccc(C)cc1.Cc1ccc(C)cc1.Cc1ccc(C)cc1.Cc1ccc(C)cc1.Cc1ccc(C)cc1.Cc1ccc(C)cc1.Cc1ccc(CCCCCO)cc1. The lowest BCUT2D eigenvalue weighted by atomic mass is 10.1. The maximum Gasteiger partial charge on any atom is 0.0431 e. The van der Waals surface area contributed by atoms with Gasteiger partial charge in [0.2, 0.25) is 0 Å². The normalized spacial score (nSPS) is 9.43. The predicted molar refractivity (Wildman–Crippen MR) is 343 cm³/mol. The molecule has 1 N–H and O–H groups in total. The average molecular weight is 1030 g/mol. The van der Waals surface area contributed by atoms with E-state index in [4.69, 9.17) is 5.11 Å². The molecule has 0 unspecified atom stereocenters. The minimum atomic E-state index is 0.327. The zero-order valence-corrected chi connectivity index (χ0v) is 50.8. The van der Waals surface area contributed by atoms with Gasteiger partial charge in [-0.1, -0.05) is 319 Å². The molecule has 1 nitrogen and oxygen atoms in total. The first-order chi connectivity index (χ1) is 36.6. The summed E-state index contributed by atoms with van der Waals surface area (Å²) in [6.07, 6.45) is 4.39. The van der Waals surface area contributed by atoms with Crippen molar-refractivity contribution in [2.75, 3.05) is 6.61 Å². The minimum Gasteiger partial charge on any atom is -0.396 e. The third-order valence-corrected chi connectivity index (χ3v) is 12.0. The van der Waals surface area contributed by atoms with Crippen molar-refractivity contribution in [1.82, 2.24) is 0 Å². The fourth-order valence-corrected chi connectivity index (χ4v) is 6.47. The summed E-state index contributed by atoms with van der Waals surface area (Å²) in [5.74, 6) is 0. The van der Waals surface area contributed by atoms with Crippen molar-refractivity contribution in [3.8, 4) is 0 Å². The van der Waals surface area contributed by atoms with Gasteiger partial charge in [-0.25, -0.2) is 0 Å². The van der Waals surface area contributed by atoms with Crippen molar-refractivity contribution < 1.29 is 5.11 Å². The van der Waals surface area contributed by atoms with Crippen LogP contribution in [0.15, 0.2) is 218 Å². The summed E-state index contributed by atoms with van der Waals surface area (Å²) < 4.78 is 0. The van der Waals surface area contributed by atoms with Crippen molar-refractivity contribution in [2.45, 2.75) is 143 Å². The largest absolute Gasteiger partial charge is 0.396 e. The third kappa shape index (κ3) is 39.1. The fraction of sp³-hybridized carbons (Fsp3) is 0.289. The number of aliphatic hydroxyl groups is 1. The van der Waals surface area contributed by atoms with Gasteiger partial charge in [0.15, 0.2) is 0 Å². The maximum absolute atomic E-state index is 8.60. The number of rotatable bonds is 5. The summed E-state index contributed by atoms with van der Waals surface area (Å²) in [5, 5.41) is 8.60. The number of aliphatic hydroxyl groups excluding tert-OH is 1. The molecule has 0 saturated carbocycles. The molecule has 0 atom stereocenters. The lowest BCUT2D eigenvalue weighted by Gasteiger charge is -2.01. The van der Waals surface area contributed by atoms with Gasteiger partial charge in [-0.05, 0) is 143 Å². The molecule has 9 aromatic rings. The highest BCUT2D eigenvalue weighted by molar-refractivity contribution is 5.25. The molecule has 77 heavy (non-hydrogen) atoms. The van der Waals surface area contributed by atoms with Crippen LogP contribution in [0.3, 0.4) is 0 Å². The second kappa shape index (κ2) is 41.1. The zero-order valence-electron chi connectivity index (χ0n) is 50.8. The first-order valence-electron chi connectivity index (χ1n) is 27.6. The summed E-state index contributed by atoms with van der Waals surface area (Å²) in [4.78, 5) is 0. The van der Waals surface area contributed by atoms with Crippen LogP contribution in [-0.2, 0) is 6.42 Å². The lowest BCUT2D eigenvalue weighted by Crippen LogP contribution is -1.88. The number of benzene rings is 9. The van der Waals surface area contributed by atoms with Crippen LogP contribution in [0.5, 0.6) is 0 Å². The van der Waals surface area contributed by atoms with Crippen LogP contribution >= 0.6 is 0 Å². The molecule has 0 aliphatic heterocycles. The number of hydrogen-bond acceptors (Lipinski definition) is 1. The van der Waals surface area contributed by atoms with Crippen LogP contribution in [0.4, 0.5) is 0 Å². The Morgan fingerprint density at radius 3 is 0.403 bits per heavy atom. The number of aryl methyl sites for hydroxylation is 18. The van der Waals surface area contributed by atoms with Gasteiger partial charge in [0, 0.05) is 6.61 Å². The zero-order chi connectivity index (χ0) is 57.4. The average Bonchev–Trinajstić information content (AvgIpc) is 3.42. The standard InChI is InChI=1S/C12H18O.8C8H10/c1-11-6-8-12(9-7-11)5-3-2-4-10-13;8*1-7-3-5-8(2)6-4-7/h6-9,13H,2-5,10H2,1H3;8*3-6H,1-2H3. The fourth-order valence-electron chi connectivity index (χ4n) is 6.47. The van der Waals surface area contributed by atoms with Crippen LogP contribution in [0, 0.1) is 118 Å². The van der Waals surface area contributed by atoms with Crippen molar-refractivity contribution >= 4 is 0 Å². The van der Waals surface area contributed by atoms with Gasteiger partial charge in [-0.3, -0.25) is 0 Å². The van der Waals surface area contributed by atoms with E-state index in [-0.39, 0.29) is 0 Å². The molecule has 1 heteroatoms. The van der Waals surface area contributed by atoms with Crippen molar-refractivity contribution in [2.24, 2.45) is 0 Å². The summed E-state index contributed by atoms with van der Waals surface area (Å²) >= 11 is 0. The molecular formula is C76H98O. The van der Waals surface area contributed by atoms with Gasteiger partial charge >= 0.3 is 0 Å². The van der Waals surface area contributed by atoms with E-state index >= 15 is 0 Å². The van der Waals surface area contributed by atoms with Crippen LogP contribution in [0.2, 0.25) is 0 Å². The van der Waals surface area contributed by atoms with E-state index in [0.29, 0.717) is 6.61 Å². The van der Waals surface area contributed by atoms with Crippen LogP contribution in [0.1, 0.15) is 119 Å². The van der Waals surface area contributed by atoms with Crippen molar-refractivity contribution in [3.63, 3.8) is 0 Å². The van der Waals surface area contributed by atoms with E-state index in [1.54, 1.807) is 0 Å². The molecule has 0 fully saturated rings. The molecular weight excluding hydrogens is 929 g/mol. The van der Waals surface area contributed by atoms with Gasteiger partial charge in [-0.2, -0.15) is 0 Å². The minimum absolute atomic E-state index is 0.327. The highest BCUT2D eigenvalue weighted by atomic mass is 16.2. The van der Waals surface area contributed by atoms with Gasteiger partial charge in [0.1, 0.15) is 0 Å². The second-order valence-electron chi connectivity index (χ2n) is 20.8. The summed E-state index contributed by atoms with van der Waals surface area (Å²) in [6.45, 7) is 36.0. The number of hydrogen-bond donors (Lipinski definition) is 1. The van der Waals surface area contributed by atoms with Gasteiger partial charge in [-0.15, -0.1) is 0 Å². The lowest BCUT2D eigenvalue weighted by molar-refractivity contribution is 0.283. The van der Waals surface area contributed by atoms with Gasteiger partial charge in [0.25, 0.3) is 0 Å². The smallest absolute Gasteiger partial charge is 0.0431 e. The number of unbranched alkanes of at least 4 members (excludes halogenated alkanes) is 2. The van der Waals surface area contributed by atoms with Crippen LogP contribution in [0.25, 0.3) is 0 Å². The summed E-state index contributed by atoms with van der Waals surface area (Å²) in [5.41, 5.74) is 24.0. The van der Waals surface area contributed by atoms with E-state index in [1.807, 2.05) is 0 Å². The Bertz CT molecular complexity index is 2090. The second-order valence-corrected chi connectivity index (χ2v) is 20.8. The maximum atomic E-state index is 8.60. The molecule has 0 bridgehead atoms. The highest BCUT2D eigenvalue weighted by Crippen LogP contribution is 2.09. The molecule has 408 valence electrons. The molecule has 0 saturated heterocycles. The summed E-state index contributed by atoms with van der Waals surface area (Å²) in [7, 11) is 0. The Balaban J connectivity index is 0.000000435. The third-order valence-electron chi connectivity index (χ3n) is 12.0. The molecule has 0 aliphatic carbocycles.